The Kier molecular flexibility index (Phi) is 4.97. The van der Waals surface area contributed by atoms with Crippen LogP contribution in [0.25, 0.3) is 0 Å². The van der Waals surface area contributed by atoms with Gasteiger partial charge in [-0.3, -0.25) is 0 Å². The molecule has 4 nitrogen and oxygen atoms in total. The Bertz CT molecular complexity index is 581. The molecule has 0 spiro atoms. The summed E-state index contributed by atoms with van der Waals surface area (Å²) in [6.45, 7) is -0.385. The molecule has 0 unspecified atom stereocenters. The third-order valence-corrected chi connectivity index (χ3v) is 3.53. The monoisotopic (exact) mass is 357 g/mol. The van der Waals surface area contributed by atoms with Crippen LogP contribution in [-0.4, -0.2) is 36.9 Å². The van der Waals surface area contributed by atoms with Crippen molar-refractivity contribution >= 4 is 11.7 Å². The number of hydrogen-bond acceptors (Lipinski definition) is 3. The summed E-state index contributed by atoms with van der Waals surface area (Å²) in [5.41, 5.74) is -3.00. The van der Waals surface area contributed by atoms with Gasteiger partial charge in [-0.05, 0) is 24.6 Å². The van der Waals surface area contributed by atoms with E-state index in [1.807, 2.05) is 0 Å². The smallest absolute Gasteiger partial charge is 0.416 e. The highest BCUT2D eigenvalue weighted by Crippen LogP contribution is 2.39. The summed E-state index contributed by atoms with van der Waals surface area (Å²) in [6, 6.07) is 1.36. The van der Waals surface area contributed by atoms with Crippen LogP contribution in [0.15, 0.2) is 18.2 Å². The highest BCUT2D eigenvalue weighted by molar-refractivity contribution is 5.68. The number of carbonyl (C=O) groups is 1. The van der Waals surface area contributed by atoms with Crippen molar-refractivity contribution in [2.24, 2.45) is 0 Å². The molecule has 0 aromatic heterocycles. The summed E-state index contributed by atoms with van der Waals surface area (Å²) in [5, 5.41) is 8.52. The Morgan fingerprint density at radius 1 is 1.12 bits per heavy atom. The predicted octanol–water partition coefficient (Wildman–Crippen LogP) is 3.40. The van der Waals surface area contributed by atoms with Gasteiger partial charge in [0.1, 0.15) is 6.61 Å². The second kappa shape index (κ2) is 6.50. The van der Waals surface area contributed by atoms with Crippen molar-refractivity contribution in [2.45, 2.75) is 24.9 Å². The Balaban J connectivity index is 2.25. The zero-order valence-corrected chi connectivity index (χ0v) is 12.1. The van der Waals surface area contributed by atoms with Crippen LogP contribution in [0.1, 0.15) is 17.5 Å². The van der Waals surface area contributed by atoms with E-state index in [9.17, 15) is 31.1 Å². The van der Waals surface area contributed by atoms with Gasteiger partial charge in [0, 0.05) is 18.8 Å². The second-order valence-electron chi connectivity index (χ2n) is 5.33. The number of anilines is 1. The van der Waals surface area contributed by atoms with Crippen LogP contribution in [0, 0.1) is 0 Å². The molecule has 0 aliphatic carbocycles. The quantitative estimate of drug-likeness (QED) is 0.840. The fourth-order valence-corrected chi connectivity index (χ4v) is 2.41. The summed E-state index contributed by atoms with van der Waals surface area (Å²) in [7, 11) is 0. The predicted molar refractivity (Wildman–Crippen MR) is 70.7 cm³/mol. The van der Waals surface area contributed by atoms with Gasteiger partial charge in [-0.1, -0.05) is 0 Å². The van der Waals surface area contributed by atoms with E-state index in [0.717, 1.165) is 0 Å². The van der Waals surface area contributed by atoms with Crippen molar-refractivity contribution in [3.63, 3.8) is 0 Å². The van der Waals surface area contributed by atoms with Crippen molar-refractivity contribution in [1.29, 1.82) is 0 Å². The minimum absolute atomic E-state index is 0.0197. The molecule has 1 fully saturated rings. The fourth-order valence-electron chi connectivity index (χ4n) is 2.41. The third-order valence-electron chi connectivity index (χ3n) is 3.53. The molecule has 0 amide bonds. The molecular formula is C14H13F6NO3. The van der Waals surface area contributed by atoms with Gasteiger partial charge in [0.05, 0.1) is 17.2 Å². The first-order valence-electron chi connectivity index (χ1n) is 6.84. The van der Waals surface area contributed by atoms with Gasteiger partial charge < -0.3 is 14.7 Å². The zero-order valence-electron chi connectivity index (χ0n) is 12.1. The van der Waals surface area contributed by atoms with E-state index >= 15 is 0 Å². The Hall–Kier alpha value is -1.97. The molecule has 1 aromatic carbocycles. The maximum Gasteiger partial charge on any atom is 0.416 e. The molecule has 1 N–H and O–H groups in total. The minimum Gasteiger partial charge on any atom is -0.480 e. The van der Waals surface area contributed by atoms with E-state index in [4.69, 9.17) is 9.84 Å². The average molecular weight is 357 g/mol. The highest BCUT2D eigenvalue weighted by atomic mass is 19.4. The molecule has 1 aliphatic heterocycles. The highest BCUT2D eigenvalue weighted by Gasteiger charge is 2.38. The number of alkyl halides is 6. The van der Waals surface area contributed by atoms with E-state index in [1.165, 1.54) is 4.90 Å². The minimum atomic E-state index is -4.91. The van der Waals surface area contributed by atoms with Crippen LogP contribution in [0.5, 0.6) is 0 Å². The van der Waals surface area contributed by atoms with E-state index in [-0.39, 0.29) is 24.8 Å². The van der Waals surface area contributed by atoms with Crippen LogP contribution in [-0.2, 0) is 21.9 Å². The van der Waals surface area contributed by atoms with Gasteiger partial charge in [-0.15, -0.1) is 0 Å². The molecule has 1 aliphatic rings. The molecular weight excluding hydrogens is 344 g/mol. The number of aliphatic carboxylic acids is 1. The van der Waals surface area contributed by atoms with Gasteiger partial charge in [-0.25, -0.2) is 4.79 Å². The Labute approximate surface area is 132 Å². The van der Waals surface area contributed by atoms with E-state index < -0.39 is 42.2 Å². The van der Waals surface area contributed by atoms with Gasteiger partial charge in [0.15, 0.2) is 0 Å². The van der Waals surface area contributed by atoms with Crippen LogP contribution >= 0.6 is 0 Å². The molecule has 0 radical (unpaired) electrons. The number of hydrogen-bond donors (Lipinski definition) is 1. The first-order chi connectivity index (χ1) is 11.0. The molecule has 1 heterocycles. The van der Waals surface area contributed by atoms with Gasteiger partial charge >= 0.3 is 18.3 Å². The summed E-state index contributed by atoms with van der Waals surface area (Å²) in [5.74, 6) is -1.20. The number of carboxylic acid groups (broad SMARTS) is 1. The van der Waals surface area contributed by atoms with E-state index in [2.05, 4.69) is 0 Å². The molecule has 1 saturated heterocycles. The molecule has 134 valence electrons. The maximum absolute atomic E-state index is 12.8. The normalized spacial score (nSPS) is 18.9. The third kappa shape index (κ3) is 4.53. The van der Waals surface area contributed by atoms with Gasteiger partial charge in [-0.2, -0.15) is 26.3 Å². The summed E-state index contributed by atoms with van der Waals surface area (Å²) < 4.78 is 82.0. The summed E-state index contributed by atoms with van der Waals surface area (Å²) in [6.07, 6.45) is -10.1. The standard InChI is InChI=1S/C14H13F6NO3/c15-13(16,17)8-3-9(14(18,19)20)5-10(4-8)21-2-1-11(6-21)24-7-12(22)23/h3-5,11H,1-2,6-7H2,(H,22,23)/t11-/m1/s1. The number of benzene rings is 1. The van der Waals surface area contributed by atoms with Crippen molar-refractivity contribution in [3.8, 4) is 0 Å². The lowest BCUT2D eigenvalue weighted by atomic mass is 10.1. The van der Waals surface area contributed by atoms with Crippen LogP contribution < -0.4 is 4.90 Å². The number of carboxylic acids is 1. The Morgan fingerprint density at radius 2 is 1.67 bits per heavy atom. The molecule has 10 heteroatoms. The van der Waals surface area contributed by atoms with E-state index in [1.54, 1.807) is 0 Å². The molecule has 1 atom stereocenters. The maximum atomic E-state index is 12.8. The zero-order chi connectivity index (χ0) is 18.1. The molecule has 0 bridgehead atoms. The first kappa shape index (κ1) is 18.4. The van der Waals surface area contributed by atoms with Crippen LogP contribution in [0.2, 0.25) is 0 Å². The van der Waals surface area contributed by atoms with Crippen molar-refractivity contribution in [1.82, 2.24) is 0 Å². The summed E-state index contributed by atoms with van der Waals surface area (Å²) >= 11 is 0. The topological polar surface area (TPSA) is 49.8 Å². The molecule has 24 heavy (non-hydrogen) atoms. The first-order valence-corrected chi connectivity index (χ1v) is 6.84. The van der Waals surface area contributed by atoms with E-state index in [0.29, 0.717) is 18.6 Å². The number of halogens is 6. The van der Waals surface area contributed by atoms with Crippen molar-refractivity contribution < 1.29 is 41.0 Å². The lowest BCUT2D eigenvalue weighted by Gasteiger charge is -2.22. The van der Waals surface area contributed by atoms with Gasteiger partial charge in [0.25, 0.3) is 0 Å². The van der Waals surface area contributed by atoms with Crippen molar-refractivity contribution in [3.05, 3.63) is 29.3 Å². The average Bonchev–Trinajstić information content (AvgIpc) is 2.91. The molecule has 1 aromatic rings. The summed E-state index contributed by atoms with van der Waals surface area (Å²) in [4.78, 5) is 11.7. The largest absolute Gasteiger partial charge is 0.480 e. The number of ether oxygens (including phenoxy) is 1. The molecule has 0 saturated carbocycles. The van der Waals surface area contributed by atoms with Gasteiger partial charge in [0.2, 0.25) is 0 Å². The second-order valence-corrected chi connectivity index (χ2v) is 5.33. The van der Waals surface area contributed by atoms with Crippen molar-refractivity contribution in [2.75, 3.05) is 24.6 Å². The number of rotatable bonds is 4. The fraction of sp³-hybridized carbons (Fsp3) is 0.500. The van der Waals surface area contributed by atoms with Crippen LogP contribution in [0.4, 0.5) is 32.0 Å². The lowest BCUT2D eigenvalue weighted by Crippen LogP contribution is -2.25. The molecule has 2 rings (SSSR count). The van der Waals surface area contributed by atoms with Crippen LogP contribution in [0.3, 0.4) is 0 Å². The number of nitrogens with zero attached hydrogens (tertiary/aromatic N) is 1. The SMILES string of the molecule is O=C(O)CO[C@@H]1CCN(c2cc(C(F)(F)F)cc(C(F)(F)F)c2)C1. The lowest BCUT2D eigenvalue weighted by molar-refractivity contribution is -0.144. The Morgan fingerprint density at radius 3 is 2.12 bits per heavy atom.